The van der Waals surface area contributed by atoms with Gasteiger partial charge in [0.1, 0.15) is 11.5 Å². The van der Waals surface area contributed by atoms with E-state index < -0.39 is 21.9 Å². The van der Waals surface area contributed by atoms with Gasteiger partial charge in [0.05, 0.1) is 17.7 Å². The van der Waals surface area contributed by atoms with E-state index in [0.29, 0.717) is 5.56 Å². The molecule has 4 rings (SSSR count). The van der Waals surface area contributed by atoms with Crippen LogP contribution in [0, 0.1) is 0 Å². The summed E-state index contributed by atoms with van der Waals surface area (Å²) in [7, 11) is -3.89. The minimum Gasteiger partial charge on any atom is -0.460 e. The lowest BCUT2D eigenvalue weighted by atomic mass is 10.1. The molecule has 0 bridgehead atoms. The topological polar surface area (TPSA) is 80.8 Å². The molecule has 0 saturated heterocycles. The first kappa shape index (κ1) is 17.2. The number of sulfonamides is 1. The molecule has 1 amide bonds. The van der Waals surface area contributed by atoms with E-state index in [4.69, 9.17) is 4.74 Å². The van der Waals surface area contributed by atoms with Crippen LogP contribution >= 0.6 is 0 Å². The maximum Gasteiger partial charge on any atom is 0.338 e. The lowest BCUT2D eigenvalue weighted by Crippen LogP contribution is -2.33. The lowest BCUT2D eigenvalue weighted by Gasteiger charge is -2.15. The number of benzene rings is 3. The molecule has 0 aromatic heterocycles. The van der Waals surface area contributed by atoms with Gasteiger partial charge in [-0.1, -0.05) is 42.5 Å². The number of carbonyl (C=O) groups is 2. The highest BCUT2D eigenvalue weighted by atomic mass is 32.2. The quantitative estimate of drug-likeness (QED) is 0.649. The second-order valence-electron chi connectivity index (χ2n) is 6.08. The Morgan fingerprint density at radius 1 is 0.926 bits per heavy atom. The van der Waals surface area contributed by atoms with E-state index in [9.17, 15) is 18.0 Å². The minimum atomic E-state index is -3.89. The number of amides is 1. The van der Waals surface area contributed by atoms with Crippen LogP contribution in [0.25, 0.3) is 10.8 Å². The van der Waals surface area contributed by atoms with Crippen LogP contribution in [-0.4, -0.2) is 37.8 Å². The van der Waals surface area contributed by atoms with Crippen molar-refractivity contribution in [2.45, 2.75) is 4.90 Å². The van der Waals surface area contributed by atoms with E-state index in [0.717, 1.165) is 15.1 Å². The fourth-order valence-corrected chi connectivity index (χ4v) is 4.63. The highest BCUT2D eigenvalue weighted by Crippen LogP contribution is 2.29. The average molecular weight is 381 g/mol. The molecule has 3 aromatic carbocycles. The fraction of sp³-hybridized carbons (Fsp3) is 0.100. The molecule has 0 saturated carbocycles. The summed E-state index contributed by atoms with van der Waals surface area (Å²) >= 11 is 0. The summed E-state index contributed by atoms with van der Waals surface area (Å²) in [6, 6.07) is 18.8. The lowest BCUT2D eigenvalue weighted by molar-refractivity contribution is 0.0478. The Hall–Kier alpha value is -3.19. The van der Waals surface area contributed by atoms with Gasteiger partial charge in [-0.3, -0.25) is 4.79 Å². The number of fused-ring (bicyclic) bond motifs is 2. The Morgan fingerprint density at radius 3 is 2.41 bits per heavy atom. The zero-order valence-electron chi connectivity index (χ0n) is 14.2. The van der Waals surface area contributed by atoms with Gasteiger partial charge in [0.25, 0.3) is 15.9 Å². The van der Waals surface area contributed by atoms with E-state index in [1.165, 1.54) is 12.1 Å². The molecular weight excluding hydrogens is 366 g/mol. The van der Waals surface area contributed by atoms with Gasteiger partial charge in [-0.25, -0.2) is 17.5 Å². The second-order valence-corrected chi connectivity index (χ2v) is 7.91. The summed E-state index contributed by atoms with van der Waals surface area (Å²) < 4.78 is 30.8. The summed E-state index contributed by atoms with van der Waals surface area (Å²) in [5.41, 5.74) is 0.506. The maximum atomic E-state index is 12.5. The normalized spacial score (nSPS) is 15.0. The van der Waals surface area contributed by atoms with Crippen LogP contribution in [0.3, 0.4) is 0 Å². The molecule has 0 fully saturated rings. The molecule has 0 unspecified atom stereocenters. The van der Waals surface area contributed by atoms with E-state index in [2.05, 4.69) is 0 Å². The van der Waals surface area contributed by atoms with Gasteiger partial charge in [0.2, 0.25) is 0 Å². The molecule has 1 aliphatic rings. The molecule has 136 valence electrons. The summed E-state index contributed by atoms with van der Waals surface area (Å²) in [5.74, 6) is -1.17. The smallest absolute Gasteiger partial charge is 0.338 e. The van der Waals surface area contributed by atoms with Crippen LogP contribution in [0.5, 0.6) is 0 Å². The maximum absolute atomic E-state index is 12.5. The minimum absolute atomic E-state index is 0.0177. The van der Waals surface area contributed by atoms with Crippen LogP contribution in [0.2, 0.25) is 0 Å². The third-order valence-corrected chi connectivity index (χ3v) is 6.27. The number of esters is 1. The van der Waals surface area contributed by atoms with E-state index in [1.807, 2.05) is 30.3 Å². The average Bonchev–Trinajstić information content (AvgIpc) is 2.88. The zero-order valence-corrected chi connectivity index (χ0v) is 15.0. The van der Waals surface area contributed by atoms with Crippen molar-refractivity contribution in [1.29, 1.82) is 0 Å². The van der Waals surface area contributed by atoms with Crippen LogP contribution in [0.4, 0.5) is 0 Å². The van der Waals surface area contributed by atoms with Crippen molar-refractivity contribution < 1.29 is 22.7 Å². The predicted molar refractivity (Wildman–Crippen MR) is 98.9 cm³/mol. The summed E-state index contributed by atoms with van der Waals surface area (Å²) in [5, 5.41) is 1.90. The van der Waals surface area contributed by atoms with Crippen molar-refractivity contribution in [3.63, 3.8) is 0 Å². The first-order chi connectivity index (χ1) is 13.0. The largest absolute Gasteiger partial charge is 0.460 e. The highest BCUT2D eigenvalue weighted by Gasteiger charge is 2.40. The molecule has 0 aliphatic carbocycles. The van der Waals surface area contributed by atoms with Crippen molar-refractivity contribution in [1.82, 2.24) is 4.31 Å². The van der Waals surface area contributed by atoms with Gasteiger partial charge < -0.3 is 4.74 Å². The van der Waals surface area contributed by atoms with Crippen molar-refractivity contribution in [3.8, 4) is 0 Å². The molecule has 0 N–H and O–H groups in total. The summed E-state index contributed by atoms with van der Waals surface area (Å²) in [4.78, 5) is 24.5. The first-order valence-electron chi connectivity index (χ1n) is 8.30. The van der Waals surface area contributed by atoms with E-state index in [-0.39, 0.29) is 23.6 Å². The molecule has 0 spiro atoms. The van der Waals surface area contributed by atoms with Crippen molar-refractivity contribution in [2.24, 2.45) is 0 Å². The van der Waals surface area contributed by atoms with Gasteiger partial charge >= 0.3 is 5.97 Å². The number of hydrogen-bond donors (Lipinski definition) is 0. The SMILES string of the molecule is O=C(OCCN1C(=O)c2ccccc2S1(=O)=O)c1ccc2ccccc2c1. The van der Waals surface area contributed by atoms with Gasteiger partial charge in [0.15, 0.2) is 0 Å². The van der Waals surface area contributed by atoms with Crippen LogP contribution in [-0.2, 0) is 14.8 Å². The van der Waals surface area contributed by atoms with Crippen molar-refractivity contribution in [2.75, 3.05) is 13.2 Å². The number of ether oxygens (including phenoxy) is 1. The van der Waals surface area contributed by atoms with Crippen LogP contribution < -0.4 is 0 Å². The molecule has 1 heterocycles. The Bertz CT molecular complexity index is 1170. The molecule has 27 heavy (non-hydrogen) atoms. The molecule has 0 radical (unpaired) electrons. The molecule has 3 aromatic rings. The monoisotopic (exact) mass is 381 g/mol. The van der Waals surface area contributed by atoms with Crippen molar-refractivity contribution >= 4 is 32.7 Å². The van der Waals surface area contributed by atoms with Crippen molar-refractivity contribution in [3.05, 3.63) is 77.9 Å². The van der Waals surface area contributed by atoms with Gasteiger partial charge in [0, 0.05) is 0 Å². The molecule has 6 nitrogen and oxygen atoms in total. The van der Waals surface area contributed by atoms with Crippen LogP contribution in [0.15, 0.2) is 71.6 Å². The van der Waals surface area contributed by atoms with Gasteiger partial charge in [-0.05, 0) is 35.0 Å². The molecule has 7 heteroatoms. The molecule has 1 aliphatic heterocycles. The Balaban J connectivity index is 1.45. The standard InChI is InChI=1S/C20H15NO5S/c22-19-17-7-3-4-8-18(17)27(24,25)21(19)11-12-26-20(23)16-10-9-14-5-1-2-6-15(14)13-16/h1-10,13H,11-12H2. The number of nitrogens with zero attached hydrogens (tertiary/aromatic N) is 1. The Labute approximate surface area is 156 Å². The first-order valence-corrected chi connectivity index (χ1v) is 9.74. The van der Waals surface area contributed by atoms with E-state index >= 15 is 0 Å². The number of rotatable bonds is 4. The summed E-state index contributed by atoms with van der Waals surface area (Å²) in [6.07, 6.45) is 0. The number of hydrogen-bond acceptors (Lipinski definition) is 5. The third-order valence-electron chi connectivity index (χ3n) is 4.42. The Kier molecular flexibility index (Phi) is 4.16. The van der Waals surface area contributed by atoms with Gasteiger partial charge in [-0.2, -0.15) is 0 Å². The van der Waals surface area contributed by atoms with Crippen LogP contribution in [0.1, 0.15) is 20.7 Å². The zero-order chi connectivity index (χ0) is 19.0. The van der Waals surface area contributed by atoms with E-state index in [1.54, 1.807) is 24.3 Å². The fourth-order valence-electron chi connectivity index (χ4n) is 3.07. The van der Waals surface area contributed by atoms with Gasteiger partial charge in [-0.15, -0.1) is 0 Å². The molecule has 0 atom stereocenters. The summed E-state index contributed by atoms with van der Waals surface area (Å²) in [6.45, 7) is -0.445. The number of carbonyl (C=O) groups excluding carboxylic acids is 2. The third kappa shape index (κ3) is 2.96. The Morgan fingerprint density at radius 2 is 1.63 bits per heavy atom. The highest BCUT2D eigenvalue weighted by molar-refractivity contribution is 7.90. The second kappa shape index (κ2) is 6.51. The molecular formula is C20H15NO5S. The predicted octanol–water partition coefficient (Wildman–Crippen LogP) is 2.84.